The van der Waals surface area contributed by atoms with E-state index in [4.69, 9.17) is 0 Å². The highest BCUT2D eigenvalue weighted by atomic mass is 32.2. The van der Waals surface area contributed by atoms with Crippen molar-refractivity contribution in [3.05, 3.63) is 35.4 Å². The second kappa shape index (κ2) is 7.94. The van der Waals surface area contributed by atoms with E-state index in [0.717, 1.165) is 5.56 Å². The van der Waals surface area contributed by atoms with Crippen LogP contribution in [0, 0.1) is 5.92 Å². The van der Waals surface area contributed by atoms with E-state index in [0.29, 0.717) is 5.56 Å². The maximum atomic E-state index is 13.2. The highest BCUT2D eigenvalue weighted by molar-refractivity contribution is 8.01. The van der Waals surface area contributed by atoms with E-state index in [1.54, 1.807) is 42.6 Å². The van der Waals surface area contributed by atoms with Gasteiger partial charge in [0.2, 0.25) is 11.8 Å². The second-order valence-electron chi connectivity index (χ2n) is 8.57. The molecule has 0 spiro atoms. The van der Waals surface area contributed by atoms with Crippen LogP contribution < -0.4 is 10.6 Å². The zero-order chi connectivity index (χ0) is 22.4. The minimum absolute atomic E-state index is 0.198. The summed E-state index contributed by atoms with van der Waals surface area (Å²) in [6.07, 6.45) is 0. The summed E-state index contributed by atoms with van der Waals surface area (Å²) in [4.78, 5) is 51.5. The number of hydrogen-bond donors (Lipinski definition) is 3. The lowest BCUT2D eigenvalue weighted by Gasteiger charge is -2.30. The SMILES string of the molecule is CC(C)[C@H](NC(=O)[C@H](C)NC(=O)[C@@H]1N2C(=O)c3ccccc3[C@@H]2SC1(C)C)C(=O)O. The van der Waals surface area contributed by atoms with E-state index >= 15 is 0 Å². The van der Waals surface area contributed by atoms with E-state index in [1.165, 1.54) is 6.92 Å². The van der Waals surface area contributed by atoms with Gasteiger partial charge in [-0.2, -0.15) is 0 Å². The lowest BCUT2D eigenvalue weighted by molar-refractivity contribution is -0.143. The Morgan fingerprint density at radius 1 is 1.13 bits per heavy atom. The maximum absolute atomic E-state index is 13.2. The van der Waals surface area contributed by atoms with Crippen LogP contribution in [0.15, 0.2) is 24.3 Å². The molecule has 0 bridgehead atoms. The number of carbonyl (C=O) groups is 4. The van der Waals surface area contributed by atoms with Gasteiger partial charge in [0.1, 0.15) is 23.5 Å². The third-order valence-electron chi connectivity index (χ3n) is 5.53. The molecule has 162 valence electrons. The van der Waals surface area contributed by atoms with Crippen LogP contribution in [0.3, 0.4) is 0 Å². The number of thioether (sulfide) groups is 1. The van der Waals surface area contributed by atoms with Crippen LogP contribution in [0.1, 0.15) is 55.9 Å². The smallest absolute Gasteiger partial charge is 0.326 e. The van der Waals surface area contributed by atoms with Crippen molar-refractivity contribution >= 4 is 35.5 Å². The summed E-state index contributed by atoms with van der Waals surface area (Å²) in [6.45, 7) is 8.69. The van der Waals surface area contributed by atoms with Gasteiger partial charge in [-0.1, -0.05) is 32.0 Å². The van der Waals surface area contributed by atoms with Crippen molar-refractivity contribution in [1.82, 2.24) is 15.5 Å². The number of hydrogen-bond acceptors (Lipinski definition) is 5. The Hall–Kier alpha value is -2.55. The van der Waals surface area contributed by atoms with Crippen molar-refractivity contribution in [2.45, 2.75) is 62.9 Å². The van der Waals surface area contributed by atoms with Gasteiger partial charge in [-0.05, 0) is 38.3 Å². The molecule has 1 fully saturated rings. The Balaban J connectivity index is 1.76. The third-order valence-corrected chi connectivity index (χ3v) is 7.06. The molecule has 3 N–H and O–H groups in total. The first kappa shape index (κ1) is 22.1. The van der Waals surface area contributed by atoms with Crippen LogP contribution in [0.25, 0.3) is 0 Å². The van der Waals surface area contributed by atoms with Crippen molar-refractivity contribution in [3.63, 3.8) is 0 Å². The molecule has 2 heterocycles. The van der Waals surface area contributed by atoms with Gasteiger partial charge in [0, 0.05) is 10.3 Å². The van der Waals surface area contributed by atoms with Crippen molar-refractivity contribution in [2.75, 3.05) is 0 Å². The molecule has 4 atom stereocenters. The standard InChI is InChI=1S/C21H27N3O5S/c1-10(2)14(20(28)29)23-16(25)11(3)22-17(26)15-21(4,5)30-19-13-9-7-6-8-12(13)18(27)24(15)19/h6-11,14-15,19H,1-5H3,(H,22,26)(H,23,25)(H,28,29)/t11-,14-,15-,19-/m0/s1. The zero-order valence-electron chi connectivity index (χ0n) is 17.6. The molecule has 1 saturated heterocycles. The molecule has 3 rings (SSSR count). The summed E-state index contributed by atoms with van der Waals surface area (Å²) < 4.78 is -0.560. The summed E-state index contributed by atoms with van der Waals surface area (Å²) in [5.41, 5.74) is 1.48. The Bertz CT molecular complexity index is 900. The number of fused-ring (bicyclic) bond motifs is 3. The van der Waals surface area contributed by atoms with E-state index in [9.17, 15) is 24.3 Å². The fourth-order valence-corrected chi connectivity index (χ4v) is 5.54. The molecule has 9 heteroatoms. The first-order valence-corrected chi connectivity index (χ1v) is 10.8. The van der Waals surface area contributed by atoms with Gasteiger partial charge in [-0.25, -0.2) is 4.79 Å². The van der Waals surface area contributed by atoms with Gasteiger partial charge in [0.15, 0.2) is 0 Å². The molecule has 30 heavy (non-hydrogen) atoms. The highest BCUT2D eigenvalue weighted by Gasteiger charge is 2.57. The Morgan fingerprint density at radius 2 is 1.77 bits per heavy atom. The fourth-order valence-electron chi connectivity index (χ4n) is 3.95. The highest BCUT2D eigenvalue weighted by Crippen LogP contribution is 2.56. The van der Waals surface area contributed by atoms with Crippen LogP contribution >= 0.6 is 11.8 Å². The van der Waals surface area contributed by atoms with E-state index in [2.05, 4.69) is 10.6 Å². The van der Waals surface area contributed by atoms with E-state index in [1.807, 2.05) is 26.0 Å². The molecule has 0 radical (unpaired) electrons. The predicted molar refractivity (Wildman–Crippen MR) is 113 cm³/mol. The molecule has 1 aromatic carbocycles. The predicted octanol–water partition coefficient (Wildman–Crippen LogP) is 1.77. The van der Waals surface area contributed by atoms with Gasteiger partial charge in [0.25, 0.3) is 5.91 Å². The number of carboxylic acid groups (broad SMARTS) is 1. The minimum Gasteiger partial charge on any atom is -0.480 e. The zero-order valence-corrected chi connectivity index (χ0v) is 18.4. The van der Waals surface area contributed by atoms with Crippen LogP contribution in [-0.4, -0.2) is 56.6 Å². The molecular weight excluding hydrogens is 406 g/mol. The molecular formula is C21H27N3O5S. The Labute approximate surface area is 179 Å². The van der Waals surface area contributed by atoms with Gasteiger partial charge in [0.05, 0.1) is 0 Å². The van der Waals surface area contributed by atoms with Crippen LogP contribution in [0.5, 0.6) is 0 Å². The summed E-state index contributed by atoms with van der Waals surface area (Å²) >= 11 is 1.54. The maximum Gasteiger partial charge on any atom is 0.326 e. The number of carbonyl (C=O) groups excluding carboxylic acids is 3. The largest absolute Gasteiger partial charge is 0.480 e. The van der Waals surface area contributed by atoms with Crippen molar-refractivity contribution in [2.24, 2.45) is 5.92 Å². The number of aliphatic carboxylic acids is 1. The lowest BCUT2D eigenvalue weighted by atomic mass is 10.00. The normalized spacial score (nSPS) is 23.5. The molecule has 8 nitrogen and oxygen atoms in total. The van der Waals surface area contributed by atoms with E-state index < -0.39 is 40.7 Å². The number of amides is 3. The molecule has 1 aromatic rings. The molecule has 0 saturated carbocycles. The van der Waals surface area contributed by atoms with E-state index in [-0.39, 0.29) is 17.2 Å². The fraction of sp³-hybridized carbons (Fsp3) is 0.524. The van der Waals surface area contributed by atoms with Gasteiger partial charge in [-0.3, -0.25) is 14.4 Å². The second-order valence-corrected chi connectivity index (χ2v) is 10.3. The quantitative estimate of drug-likeness (QED) is 0.630. The number of benzene rings is 1. The van der Waals surface area contributed by atoms with Crippen LogP contribution in [0.4, 0.5) is 0 Å². The Kier molecular flexibility index (Phi) is 5.86. The molecule has 2 aliphatic rings. The molecule has 0 unspecified atom stereocenters. The lowest BCUT2D eigenvalue weighted by Crippen LogP contribution is -2.57. The number of carboxylic acids is 1. The minimum atomic E-state index is -1.13. The summed E-state index contributed by atoms with van der Waals surface area (Å²) in [5, 5.41) is 14.1. The van der Waals surface area contributed by atoms with Crippen LogP contribution in [-0.2, 0) is 14.4 Å². The van der Waals surface area contributed by atoms with Crippen molar-refractivity contribution in [1.29, 1.82) is 0 Å². The molecule has 0 aliphatic carbocycles. The van der Waals surface area contributed by atoms with Gasteiger partial charge in [-0.15, -0.1) is 11.8 Å². The molecule has 0 aromatic heterocycles. The average molecular weight is 434 g/mol. The topological polar surface area (TPSA) is 116 Å². The summed E-state index contributed by atoms with van der Waals surface area (Å²) in [6, 6.07) is 4.57. The molecule has 3 amide bonds. The Morgan fingerprint density at radius 3 is 2.37 bits per heavy atom. The number of rotatable bonds is 6. The molecule has 2 aliphatic heterocycles. The van der Waals surface area contributed by atoms with Crippen molar-refractivity contribution in [3.8, 4) is 0 Å². The first-order chi connectivity index (χ1) is 14.0. The number of nitrogens with zero attached hydrogens (tertiary/aromatic N) is 1. The van der Waals surface area contributed by atoms with Gasteiger partial charge < -0.3 is 20.6 Å². The third kappa shape index (κ3) is 3.78. The van der Waals surface area contributed by atoms with Crippen molar-refractivity contribution < 1.29 is 24.3 Å². The first-order valence-electron chi connectivity index (χ1n) is 9.88. The van der Waals surface area contributed by atoms with Gasteiger partial charge >= 0.3 is 5.97 Å². The summed E-state index contributed by atoms with van der Waals surface area (Å²) in [7, 11) is 0. The summed E-state index contributed by atoms with van der Waals surface area (Å²) in [5.74, 6) is -2.65. The number of nitrogens with one attached hydrogen (secondary N) is 2. The monoisotopic (exact) mass is 433 g/mol. The average Bonchev–Trinajstić information content (AvgIpc) is 3.08. The van der Waals surface area contributed by atoms with Crippen LogP contribution in [0.2, 0.25) is 0 Å².